The van der Waals surface area contributed by atoms with Crippen LogP contribution in [0.15, 0.2) is 24.4 Å². The predicted molar refractivity (Wildman–Crippen MR) is 97.1 cm³/mol. The van der Waals surface area contributed by atoms with Gasteiger partial charge in [-0.1, -0.05) is 6.07 Å². The van der Waals surface area contributed by atoms with Crippen molar-refractivity contribution in [3.63, 3.8) is 0 Å². The van der Waals surface area contributed by atoms with E-state index < -0.39 is 12.1 Å². The Kier molecular flexibility index (Phi) is 5.66. The van der Waals surface area contributed by atoms with Crippen LogP contribution in [0.1, 0.15) is 5.69 Å². The van der Waals surface area contributed by atoms with Crippen LogP contribution in [-0.2, 0) is 11.3 Å². The number of hydrogen-bond donors (Lipinski definition) is 3. The van der Waals surface area contributed by atoms with Crippen LogP contribution < -0.4 is 21.5 Å². The van der Waals surface area contributed by atoms with Gasteiger partial charge < -0.3 is 20.9 Å². The summed E-state index contributed by atoms with van der Waals surface area (Å²) in [6, 6.07) is 4.72. The van der Waals surface area contributed by atoms with Crippen LogP contribution in [0.3, 0.4) is 0 Å². The average molecular weight is 377 g/mol. The summed E-state index contributed by atoms with van der Waals surface area (Å²) >= 11 is 1.21. The number of morpholine rings is 1. The second-order valence-electron chi connectivity index (χ2n) is 5.64. The maximum atomic E-state index is 11.1. The molecule has 0 aromatic carbocycles. The summed E-state index contributed by atoms with van der Waals surface area (Å²) < 4.78 is 10.3. The van der Waals surface area contributed by atoms with Gasteiger partial charge in [0.2, 0.25) is 0 Å². The van der Waals surface area contributed by atoms with E-state index in [9.17, 15) is 9.59 Å². The molecule has 1 aliphatic rings. The Morgan fingerprint density at radius 2 is 2.08 bits per heavy atom. The highest BCUT2D eigenvalue weighted by molar-refractivity contribution is 7.20. The van der Waals surface area contributed by atoms with Gasteiger partial charge in [0.25, 0.3) is 0 Å². The minimum Gasteiger partial charge on any atom is -0.407 e. The molecule has 3 rings (SSSR count). The molecule has 9 nitrogen and oxygen atoms in total. The van der Waals surface area contributed by atoms with E-state index in [1.807, 2.05) is 12.1 Å². The molecule has 1 fully saturated rings. The van der Waals surface area contributed by atoms with Gasteiger partial charge in [0, 0.05) is 42.3 Å². The topological polar surface area (TPSA) is 133 Å². The third-order valence-electron chi connectivity index (χ3n) is 3.74. The van der Waals surface area contributed by atoms with Crippen molar-refractivity contribution in [2.75, 3.05) is 31.6 Å². The third-order valence-corrected chi connectivity index (χ3v) is 4.82. The first-order valence-corrected chi connectivity index (χ1v) is 8.76. The number of thiophene rings is 1. The van der Waals surface area contributed by atoms with Crippen LogP contribution >= 0.6 is 11.3 Å². The van der Waals surface area contributed by atoms with E-state index in [-0.39, 0.29) is 5.75 Å². The van der Waals surface area contributed by atoms with Gasteiger partial charge in [-0.2, -0.15) is 0 Å². The normalized spacial score (nSPS) is 14.8. The van der Waals surface area contributed by atoms with E-state index in [1.165, 1.54) is 11.3 Å². The van der Waals surface area contributed by atoms with Crippen molar-refractivity contribution in [3.8, 4) is 16.2 Å². The van der Waals surface area contributed by atoms with Crippen LogP contribution in [0, 0.1) is 0 Å². The monoisotopic (exact) mass is 377 g/mol. The highest BCUT2D eigenvalue weighted by Gasteiger charge is 2.16. The summed E-state index contributed by atoms with van der Waals surface area (Å²) in [5, 5.41) is 2.73. The quantitative estimate of drug-likeness (QED) is 0.725. The lowest BCUT2D eigenvalue weighted by Gasteiger charge is -2.26. The predicted octanol–water partition coefficient (Wildman–Crippen LogP) is 1.59. The number of pyridine rings is 1. The van der Waals surface area contributed by atoms with Crippen molar-refractivity contribution < 1.29 is 19.1 Å². The number of carbonyl (C=O) groups excluding carboxylic acids is 2. The van der Waals surface area contributed by atoms with Gasteiger partial charge in [-0.3, -0.25) is 15.2 Å². The van der Waals surface area contributed by atoms with Crippen LogP contribution in [0.25, 0.3) is 10.4 Å². The molecular weight excluding hydrogens is 358 g/mol. The highest BCUT2D eigenvalue weighted by Crippen LogP contribution is 2.40. The number of hydrogen-bond acceptors (Lipinski definition) is 7. The number of anilines is 1. The van der Waals surface area contributed by atoms with E-state index in [4.69, 9.17) is 20.9 Å². The smallest absolute Gasteiger partial charge is 0.407 e. The molecule has 26 heavy (non-hydrogen) atoms. The van der Waals surface area contributed by atoms with Gasteiger partial charge in [0.05, 0.1) is 18.9 Å². The Hall–Kier alpha value is -2.69. The number of urea groups is 1. The Balaban J connectivity index is 1.76. The van der Waals surface area contributed by atoms with Crippen molar-refractivity contribution >= 4 is 28.5 Å². The van der Waals surface area contributed by atoms with E-state index >= 15 is 0 Å². The van der Waals surface area contributed by atoms with Gasteiger partial charge in [-0.05, 0) is 6.07 Å². The Bertz CT molecular complexity index is 753. The fourth-order valence-corrected chi connectivity index (χ4v) is 3.53. The summed E-state index contributed by atoms with van der Waals surface area (Å²) in [7, 11) is 0. The molecule has 0 atom stereocenters. The molecule has 3 heterocycles. The molecule has 1 saturated heterocycles. The highest BCUT2D eigenvalue weighted by atomic mass is 32.1. The second kappa shape index (κ2) is 8.13. The average Bonchev–Trinajstić information content (AvgIpc) is 2.97. The number of amides is 3. The Labute approximate surface area is 153 Å². The number of aromatic nitrogens is 1. The van der Waals surface area contributed by atoms with Crippen molar-refractivity contribution in [1.82, 2.24) is 9.88 Å². The zero-order valence-corrected chi connectivity index (χ0v) is 14.8. The van der Waals surface area contributed by atoms with Crippen molar-refractivity contribution in [1.29, 1.82) is 0 Å². The number of carbonyl (C=O) groups is 2. The van der Waals surface area contributed by atoms with E-state index in [1.54, 1.807) is 12.3 Å². The first-order chi connectivity index (χ1) is 12.5. The van der Waals surface area contributed by atoms with E-state index in [0.29, 0.717) is 5.00 Å². The van der Waals surface area contributed by atoms with E-state index in [0.717, 1.165) is 49.0 Å². The molecule has 0 aliphatic carbocycles. The van der Waals surface area contributed by atoms with Crippen LogP contribution in [0.4, 0.5) is 14.6 Å². The summed E-state index contributed by atoms with van der Waals surface area (Å²) in [6.45, 7) is 4.03. The van der Waals surface area contributed by atoms with Crippen LogP contribution in [-0.4, -0.2) is 48.3 Å². The van der Waals surface area contributed by atoms with E-state index in [2.05, 4.69) is 15.2 Å². The first-order valence-electron chi connectivity index (χ1n) is 7.94. The molecule has 3 amide bonds. The molecule has 0 unspecified atom stereocenters. The molecule has 10 heteroatoms. The third kappa shape index (κ3) is 4.69. The number of nitrogens with one attached hydrogen (secondary N) is 1. The van der Waals surface area contributed by atoms with Gasteiger partial charge in [0.15, 0.2) is 5.75 Å². The summed E-state index contributed by atoms with van der Waals surface area (Å²) in [6.07, 6.45) is 0.768. The van der Waals surface area contributed by atoms with Crippen LogP contribution in [0.2, 0.25) is 0 Å². The van der Waals surface area contributed by atoms with Crippen molar-refractivity contribution in [2.24, 2.45) is 11.5 Å². The zero-order valence-electron chi connectivity index (χ0n) is 13.9. The molecular formula is C16H19N5O4S. The molecule has 138 valence electrons. The molecule has 2 aromatic rings. The molecule has 0 radical (unpaired) electrons. The number of ether oxygens (including phenoxy) is 2. The molecule has 5 N–H and O–H groups in total. The zero-order chi connectivity index (χ0) is 18.5. The minimum atomic E-state index is -0.971. The second-order valence-corrected chi connectivity index (χ2v) is 6.69. The van der Waals surface area contributed by atoms with Gasteiger partial charge in [-0.15, -0.1) is 11.3 Å². The lowest BCUT2D eigenvalue weighted by Crippen LogP contribution is -2.35. The molecule has 0 saturated carbocycles. The SMILES string of the molecule is NC(=O)Nc1sc(-c2ccc(CN3CCOCC3)nc2)cc1OC(N)=O. The van der Waals surface area contributed by atoms with Crippen LogP contribution in [0.5, 0.6) is 5.75 Å². The van der Waals surface area contributed by atoms with Gasteiger partial charge >= 0.3 is 12.1 Å². The maximum absolute atomic E-state index is 11.1. The summed E-state index contributed by atoms with van der Waals surface area (Å²) in [5.74, 6) is 0.147. The molecule has 0 bridgehead atoms. The van der Waals surface area contributed by atoms with Crippen molar-refractivity contribution in [2.45, 2.75) is 6.54 Å². The fourth-order valence-electron chi connectivity index (χ4n) is 2.55. The maximum Gasteiger partial charge on any atom is 0.410 e. The fraction of sp³-hybridized carbons (Fsp3) is 0.312. The number of primary amides is 2. The molecule has 1 aliphatic heterocycles. The minimum absolute atomic E-state index is 0.147. The molecule has 0 spiro atoms. The first kappa shape index (κ1) is 18.1. The Morgan fingerprint density at radius 3 is 2.69 bits per heavy atom. The van der Waals surface area contributed by atoms with Gasteiger partial charge in [0.1, 0.15) is 5.00 Å². The Morgan fingerprint density at radius 1 is 1.31 bits per heavy atom. The van der Waals surface area contributed by atoms with Gasteiger partial charge in [-0.25, -0.2) is 9.59 Å². The summed E-state index contributed by atoms with van der Waals surface area (Å²) in [4.78, 5) is 29.7. The number of nitrogens with zero attached hydrogens (tertiary/aromatic N) is 2. The largest absolute Gasteiger partial charge is 0.410 e. The lowest BCUT2D eigenvalue weighted by molar-refractivity contribution is 0.0336. The lowest BCUT2D eigenvalue weighted by atomic mass is 10.2. The number of nitrogens with two attached hydrogens (primary N) is 2. The van der Waals surface area contributed by atoms with Crippen molar-refractivity contribution in [3.05, 3.63) is 30.1 Å². The number of rotatable bonds is 5. The summed E-state index contributed by atoms with van der Waals surface area (Å²) in [5.41, 5.74) is 12.0. The molecule has 2 aromatic heterocycles. The standard InChI is InChI=1S/C16H19N5O4S/c17-15(22)20-14-12(25-16(18)23)7-13(26-14)10-1-2-11(19-8-10)9-21-3-5-24-6-4-21/h1-2,7-8H,3-6,9H2,(H2,18,23)(H3,17,20,22).